The van der Waals surface area contributed by atoms with Crippen molar-refractivity contribution in [3.63, 3.8) is 0 Å². The van der Waals surface area contributed by atoms with E-state index in [1.165, 1.54) is 17.0 Å². The Morgan fingerprint density at radius 1 is 1.32 bits per heavy atom. The van der Waals surface area contributed by atoms with E-state index in [4.69, 9.17) is 5.11 Å². The van der Waals surface area contributed by atoms with E-state index in [9.17, 15) is 9.18 Å². The lowest BCUT2D eigenvalue weighted by Crippen LogP contribution is -2.35. The number of aliphatic hydroxyl groups is 1. The van der Waals surface area contributed by atoms with Gasteiger partial charge in [0, 0.05) is 24.1 Å². The average molecular weight is 402 g/mol. The summed E-state index contributed by atoms with van der Waals surface area (Å²) in [6.07, 6.45) is 5.81. The van der Waals surface area contributed by atoms with Crippen molar-refractivity contribution in [2.75, 3.05) is 13.2 Å². The maximum absolute atomic E-state index is 13.0. The smallest absolute Gasteiger partial charge is 0.262 e. The second-order valence-electron chi connectivity index (χ2n) is 7.27. The zero-order valence-corrected chi connectivity index (χ0v) is 16.5. The molecule has 0 saturated heterocycles. The van der Waals surface area contributed by atoms with Crippen LogP contribution in [-0.4, -0.2) is 33.9 Å². The lowest BCUT2D eigenvalue weighted by atomic mass is 9.93. The van der Waals surface area contributed by atoms with Crippen LogP contribution in [0.4, 0.5) is 4.39 Å². The van der Waals surface area contributed by atoms with Crippen molar-refractivity contribution in [3.8, 4) is 0 Å². The lowest BCUT2D eigenvalue weighted by molar-refractivity contribution is 0.279. The molecule has 0 radical (unpaired) electrons. The summed E-state index contributed by atoms with van der Waals surface area (Å²) in [5.41, 5.74) is 2.30. The molecule has 2 heterocycles. The standard InChI is InChI=1S/C21H24FN3O2S/c22-15-4-2-14(3-5-15)8-9-23-16-6-7-17-18(12-16)28-20-19(17)21(27)25(13-24-20)10-1-11-26/h2-5,13,16,23,26H,1,6-12H2. The molecule has 0 saturated carbocycles. The number of hydrogen-bond donors (Lipinski definition) is 2. The first-order valence-electron chi connectivity index (χ1n) is 9.74. The zero-order chi connectivity index (χ0) is 19.5. The van der Waals surface area contributed by atoms with Gasteiger partial charge in [-0.1, -0.05) is 12.1 Å². The van der Waals surface area contributed by atoms with Gasteiger partial charge >= 0.3 is 0 Å². The highest BCUT2D eigenvalue weighted by atomic mass is 32.1. The predicted octanol–water partition coefficient (Wildman–Crippen LogP) is 2.67. The monoisotopic (exact) mass is 401 g/mol. The third kappa shape index (κ3) is 4.01. The van der Waals surface area contributed by atoms with Gasteiger partial charge in [0.25, 0.3) is 5.56 Å². The number of hydrogen-bond acceptors (Lipinski definition) is 5. The van der Waals surface area contributed by atoms with Crippen molar-refractivity contribution in [1.82, 2.24) is 14.9 Å². The van der Waals surface area contributed by atoms with Crippen molar-refractivity contribution in [1.29, 1.82) is 0 Å². The van der Waals surface area contributed by atoms with Gasteiger partial charge in [-0.3, -0.25) is 9.36 Å². The Kier molecular flexibility index (Phi) is 5.85. The third-order valence-corrected chi connectivity index (χ3v) is 6.52. The number of aryl methyl sites for hydroxylation is 2. The van der Waals surface area contributed by atoms with Crippen LogP contribution >= 0.6 is 11.3 Å². The van der Waals surface area contributed by atoms with Crippen molar-refractivity contribution in [2.24, 2.45) is 0 Å². The quantitative estimate of drug-likeness (QED) is 0.639. The van der Waals surface area contributed by atoms with E-state index in [1.54, 1.807) is 22.2 Å². The van der Waals surface area contributed by atoms with E-state index in [0.29, 0.717) is 19.0 Å². The molecule has 1 unspecified atom stereocenters. The number of rotatable bonds is 7. The van der Waals surface area contributed by atoms with E-state index in [0.717, 1.165) is 53.6 Å². The first-order valence-corrected chi connectivity index (χ1v) is 10.6. The van der Waals surface area contributed by atoms with Crippen molar-refractivity contribution in [2.45, 2.75) is 44.7 Å². The van der Waals surface area contributed by atoms with Gasteiger partial charge in [0.2, 0.25) is 0 Å². The second-order valence-corrected chi connectivity index (χ2v) is 8.36. The molecule has 2 aromatic heterocycles. The maximum atomic E-state index is 13.0. The molecular formula is C21H24FN3O2S. The van der Waals surface area contributed by atoms with Crippen LogP contribution in [0.2, 0.25) is 0 Å². The fourth-order valence-corrected chi connectivity index (χ4v) is 5.11. The molecule has 0 bridgehead atoms. The number of nitrogens with zero attached hydrogens (tertiary/aromatic N) is 2. The van der Waals surface area contributed by atoms with Crippen LogP contribution in [0.5, 0.6) is 0 Å². The number of nitrogens with one attached hydrogen (secondary N) is 1. The molecule has 0 aliphatic heterocycles. The van der Waals surface area contributed by atoms with Gasteiger partial charge in [-0.2, -0.15) is 0 Å². The number of thiophene rings is 1. The van der Waals surface area contributed by atoms with Gasteiger partial charge < -0.3 is 10.4 Å². The number of benzene rings is 1. The first kappa shape index (κ1) is 19.2. The average Bonchev–Trinajstić information content (AvgIpc) is 3.07. The number of aromatic nitrogens is 2. The molecule has 2 N–H and O–H groups in total. The van der Waals surface area contributed by atoms with E-state index in [-0.39, 0.29) is 18.0 Å². The molecule has 5 nitrogen and oxygen atoms in total. The molecule has 148 valence electrons. The Morgan fingerprint density at radius 2 is 2.14 bits per heavy atom. The summed E-state index contributed by atoms with van der Waals surface area (Å²) in [5.74, 6) is -0.203. The Balaban J connectivity index is 1.43. The molecule has 1 aliphatic carbocycles. The zero-order valence-electron chi connectivity index (χ0n) is 15.7. The lowest BCUT2D eigenvalue weighted by Gasteiger charge is -2.23. The van der Waals surface area contributed by atoms with Gasteiger partial charge in [0.1, 0.15) is 10.6 Å². The Morgan fingerprint density at radius 3 is 2.93 bits per heavy atom. The Bertz CT molecular complexity index is 1010. The van der Waals surface area contributed by atoms with Crippen LogP contribution in [0, 0.1) is 5.82 Å². The van der Waals surface area contributed by atoms with Gasteiger partial charge in [-0.25, -0.2) is 9.37 Å². The van der Waals surface area contributed by atoms with Crippen LogP contribution in [0.1, 0.15) is 28.8 Å². The van der Waals surface area contributed by atoms with Crippen LogP contribution in [0.3, 0.4) is 0 Å². The maximum Gasteiger partial charge on any atom is 0.262 e. The van der Waals surface area contributed by atoms with Gasteiger partial charge in [0.05, 0.1) is 11.7 Å². The SMILES string of the molecule is O=c1c2c3c(sc2ncn1CCCO)CC(NCCc1ccc(F)cc1)CC3. The Hall–Kier alpha value is -2.09. The fourth-order valence-electron chi connectivity index (χ4n) is 3.85. The van der Waals surface area contributed by atoms with E-state index < -0.39 is 0 Å². The molecule has 1 aromatic carbocycles. The second kappa shape index (κ2) is 8.51. The highest BCUT2D eigenvalue weighted by Crippen LogP contribution is 2.33. The highest BCUT2D eigenvalue weighted by Gasteiger charge is 2.24. The molecule has 1 atom stereocenters. The molecule has 0 fully saturated rings. The molecule has 0 spiro atoms. The van der Waals surface area contributed by atoms with Crippen LogP contribution in [0.25, 0.3) is 10.2 Å². The summed E-state index contributed by atoms with van der Waals surface area (Å²) in [6, 6.07) is 7.04. The molecule has 4 rings (SSSR count). The number of aliphatic hydroxyl groups excluding tert-OH is 1. The molecule has 7 heteroatoms. The van der Waals surface area contributed by atoms with Gasteiger partial charge in [-0.15, -0.1) is 11.3 Å². The van der Waals surface area contributed by atoms with Gasteiger partial charge in [0.15, 0.2) is 0 Å². The summed E-state index contributed by atoms with van der Waals surface area (Å²) < 4.78 is 14.6. The summed E-state index contributed by atoms with van der Waals surface area (Å²) in [7, 11) is 0. The topological polar surface area (TPSA) is 67.2 Å². The summed E-state index contributed by atoms with van der Waals surface area (Å²) in [5, 5.41) is 13.4. The van der Waals surface area contributed by atoms with Crippen molar-refractivity contribution >= 4 is 21.6 Å². The molecular weight excluding hydrogens is 377 g/mol. The van der Waals surface area contributed by atoms with Crippen LogP contribution < -0.4 is 10.9 Å². The summed E-state index contributed by atoms with van der Waals surface area (Å²) in [6.45, 7) is 1.41. The molecule has 3 aromatic rings. The summed E-state index contributed by atoms with van der Waals surface area (Å²) in [4.78, 5) is 19.4. The minimum atomic E-state index is -0.203. The van der Waals surface area contributed by atoms with Crippen molar-refractivity contribution < 1.29 is 9.50 Å². The van der Waals surface area contributed by atoms with Gasteiger partial charge in [-0.05, 0) is 61.9 Å². The third-order valence-electron chi connectivity index (χ3n) is 5.35. The van der Waals surface area contributed by atoms with E-state index in [2.05, 4.69) is 10.3 Å². The highest BCUT2D eigenvalue weighted by molar-refractivity contribution is 7.18. The minimum Gasteiger partial charge on any atom is -0.396 e. The predicted molar refractivity (Wildman–Crippen MR) is 110 cm³/mol. The van der Waals surface area contributed by atoms with Crippen LogP contribution in [0.15, 0.2) is 35.4 Å². The largest absolute Gasteiger partial charge is 0.396 e. The normalized spacial score (nSPS) is 16.4. The first-order chi connectivity index (χ1) is 13.7. The number of halogens is 1. The molecule has 1 aliphatic rings. The van der Waals surface area contributed by atoms with Crippen molar-refractivity contribution in [3.05, 3.63) is 62.8 Å². The fraction of sp³-hybridized carbons (Fsp3) is 0.429. The van der Waals surface area contributed by atoms with E-state index >= 15 is 0 Å². The molecule has 28 heavy (non-hydrogen) atoms. The minimum absolute atomic E-state index is 0.0127. The van der Waals surface area contributed by atoms with E-state index in [1.807, 2.05) is 12.1 Å². The van der Waals surface area contributed by atoms with Crippen LogP contribution in [-0.2, 0) is 25.8 Å². The number of fused-ring (bicyclic) bond motifs is 3. The summed E-state index contributed by atoms with van der Waals surface area (Å²) >= 11 is 1.63. The molecule has 0 amide bonds. The Labute approximate surface area is 166 Å².